The van der Waals surface area contributed by atoms with Crippen molar-refractivity contribution >= 4 is 34.5 Å². The van der Waals surface area contributed by atoms with Crippen molar-refractivity contribution in [3.63, 3.8) is 0 Å². The molecule has 21 heavy (non-hydrogen) atoms. The molecule has 1 aromatic carbocycles. The molecule has 0 unspecified atom stereocenters. The van der Waals surface area contributed by atoms with E-state index in [9.17, 15) is 9.59 Å². The quantitative estimate of drug-likeness (QED) is 0.521. The second-order valence-corrected chi connectivity index (χ2v) is 5.51. The molecule has 0 aromatic heterocycles. The van der Waals surface area contributed by atoms with E-state index >= 15 is 0 Å². The smallest absolute Gasteiger partial charge is 0.307 e. The Morgan fingerprint density at radius 3 is 2.52 bits per heavy atom. The van der Waals surface area contributed by atoms with Crippen molar-refractivity contribution in [1.29, 1.82) is 5.26 Å². The minimum atomic E-state index is -0.338. The number of halogens is 1. The fourth-order valence-corrected chi connectivity index (χ4v) is 2.09. The summed E-state index contributed by atoms with van der Waals surface area (Å²) < 4.78 is 5.90. The number of carbonyl (C=O) groups excluding carboxylic acids is 2. The van der Waals surface area contributed by atoms with E-state index in [-0.39, 0.29) is 31.3 Å². The van der Waals surface area contributed by atoms with Crippen molar-refractivity contribution < 1.29 is 14.3 Å². The molecule has 0 aliphatic rings. The van der Waals surface area contributed by atoms with Crippen LogP contribution < -0.4 is 0 Å². The first-order chi connectivity index (χ1) is 10.1. The van der Waals surface area contributed by atoms with Crippen LogP contribution in [0.1, 0.15) is 30.1 Å². The summed E-state index contributed by atoms with van der Waals surface area (Å²) in [5, 5.41) is 8.68. The van der Waals surface area contributed by atoms with E-state index in [0.29, 0.717) is 18.7 Å². The molecule has 1 aromatic rings. The molecule has 1 amide bonds. The Balaban J connectivity index is 2.71. The molecule has 0 atom stereocenters. The van der Waals surface area contributed by atoms with E-state index < -0.39 is 0 Å². The minimum absolute atomic E-state index is 0.134. The van der Waals surface area contributed by atoms with E-state index in [1.165, 1.54) is 4.90 Å². The van der Waals surface area contributed by atoms with Crippen LogP contribution >= 0.6 is 22.6 Å². The monoisotopic (exact) mass is 400 g/mol. The van der Waals surface area contributed by atoms with Crippen LogP contribution in [0, 0.1) is 14.9 Å². The highest BCUT2D eigenvalue weighted by atomic mass is 127. The fraction of sp³-hybridized carbons (Fsp3) is 0.400. The lowest BCUT2D eigenvalue weighted by molar-refractivity contribution is -0.143. The number of nitrogens with zero attached hydrogens (tertiary/aromatic N) is 2. The molecule has 1 rings (SSSR count). The first kappa shape index (κ1) is 17.4. The fourth-order valence-electron chi connectivity index (χ4n) is 1.73. The Labute approximate surface area is 138 Å². The first-order valence-corrected chi connectivity index (χ1v) is 7.73. The van der Waals surface area contributed by atoms with Gasteiger partial charge in [0.2, 0.25) is 0 Å². The minimum Gasteiger partial charge on any atom is -0.466 e. The summed E-state index contributed by atoms with van der Waals surface area (Å²) in [6.45, 7) is 2.62. The Kier molecular flexibility index (Phi) is 7.75. The van der Waals surface area contributed by atoms with Gasteiger partial charge in [0.05, 0.1) is 25.5 Å². The van der Waals surface area contributed by atoms with Gasteiger partial charge in [-0.3, -0.25) is 9.59 Å². The average molecular weight is 400 g/mol. The number of esters is 1. The van der Waals surface area contributed by atoms with Gasteiger partial charge in [0, 0.05) is 22.2 Å². The molecule has 0 saturated heterocycles. The molecular formula is C15H17IN2O3. The highest BCUT2D eigenvalue weighted by molar-refractivity contribution is 14.1. The molecule has 0 bridgehead atoms. The van der Waals surface area contributed by atoms with Crippen LogP contribution in [0.15, 0.2) is 24.3 Å². The van der Waals surface area contributed by atoms with Crippen LogP contribution in [0.5, 0.6) is 0 Å². The zero-order valence-electron chi connectivity index (χ0n) is 11.8. The molecule has 0 aliphatic heterocycles. The average Bonchev–Trinajstić information content (AvgIpc) is 2.48. The molecular weight excluding hydrogens is 383 g/mol. The van der Waals surface area contributed by atoms with E-state index in [4.69, 9.17) is 10.00 Å². The Morgan fingerprint density at radius 2 is 1.95 bits per heavy atom. The Bertz CT molecular complexity index is 523. The zero-order valence-corrected chi connectivity index (χ0v) is 14.0. The molecule has 5 nitrogen and oxygen atoms in total. The predicted octanol–water partition coefficient (Wildman–Crippen LogP) is 2.60. The van der Waals surface area contributed by atoms with Crippen molar-refractivity contribution in [2.24, 2.45) is 0 Å². The van der Waals surface area contributed by atoms with Crippen LogP contribution in [0.25, 0.3) is 0 Å². The number of hydrogen-bond acceptors (Lipinski definition) is 4. The number of carbonyl (C=O) groups is 2. The van der Waals surface area contributed by atoms with Crippen LogP contribution in [-0.2, 0) is 9.53 Å². The first-order valence-electron chi connectivity index (χ1n) is 6.66. The molecule has 112 valence electrons. The summed E-state index contributed by atoms with van der Waals surface area (Å²) in [4.78, 5) is 25.3. The van der Waals surface area contributed by atoms with Crippen LogP contribution in [-0.4, -0.2) is 36.5 Å². The standard InChI is InChI=1S/C15H17IN2O3/c1-2-21-14(19)8-11-18(10-3-9-17)15(20)12-4-6-13(16)7-5-12/h4-7H,2-3,8,10-11H2,1H3. The summed E-state index contributed by atoms with van der Waals surface area (Å²) in [7, 11) is 0. The van der Waals surface area contributed by atoms with Crippen molar-refractivity contribution in [3.05, 3.63) is 33.4 Å². The van der Waals surface area contributed by atoms with Crippen molar-refractivity contribution in [2.45, 2.75) is 19.8 Å². The summed E-state index contributed by atoms with van der Waals surface area (Å²) in [5.74, 6) is -0.513. The molecule has 0 spiro atoms. The summed E-state index contributed by atoms with van der Waals surface area (Å²) in [6, 6.07) is 9.20. The summed E-state index contributed by atoms with van der Waals surface area (Å²) in [5.41, 5.74) is 0.553. The second kappa shape index (κ2) is 9.34. The maximum absolute atomic E-state index is 12.4. The summed E-state index contributed by atoms with van der Waals surface area (Å²) in [6.07, 6.45) is 0.369. The van der Waals surface area contributed by atoms with Crippen LogP contribution in [0.4, 0.5) is 0 Å². The van der Waals surface area contributed by atoms with Gasteiger partial charge in [0.15, 0.2) is 0 Å². The molecule has 0 heterocycles. The maximum Gasteiger partial charge on any atom is 0.307 e. The van der Waals surface area contributed by atoms with E-state index in [1.54, 1.807) is 19.1 Å². The van der Waals surface area contributed by atoms with Crippen molar-refractivity contribution in [2.75, 3.05) is 19.7 Å². The van der Waals surface area contributed by atoms with Gasteiger partial charge in [0.25, 0.3) is 5.91 Å². The molecule has 6 heteroatoms. The lowest BCUT2D eigenvalue weighted by Gasteiger charge is -2.21. The molecule has 0 N–H and O–H groups in total. The van der Waals surface area contributed by atoms with Crippen LogP contribution in [0.2, 0.25) is 0 Å². The van der Waals surface area contributed by atoms with Gasteiger partial charge in [-0.1, -0.05) is 0 Å². The highest BCUT2D eigenvalue weighted by Crippen LogP contribution is 2.10. The molecule has 0 aliphatic carbocycles. The van der Waals surface area contributed by atoms with E-state index in [2.05, 4.69) is 22.6 Å². The zero-order chi connectivity index (χ0) is 15.7. The van der Waals surface area contributed by atoms with Gasteiger partial charge < -0.3 is 9.64 Å². The summed E-state index contributed by atoms with van der Waals surface area (Å²) >= 11 is 2.17. The number of rotatable bonds is 7. The lowest BCUT2D eigenvalue weighted by atomic mass is 10.2. The number of hydrogen-bond donors (Lipinski definition) is 0. The van der Waals surface area contributed by atoms with Gasteiger partial charge >= 0.3 is 5.97 Å². The van der Waals surface area contributed by atoms with Gasteiger partial charge in [-0.05, 0) is 53.8 Å². The van der Waals surface area contributed by atoms with Crippen molar-refractivity contribution in [3.8, 4) is 6.07 Å². The second-order valence-electron chi connectivity index (χ2n) is 4.26. The number of nitriles is 1. The van der Waals surface area contributed by atoms with Gasteiger partial charge in [-0.25, -0.2) is 0 Å². The number of ether oxygens (including phenoxy) is 1. The normalized spacial score (nSPS) is 9.76. The third-order valence-electron chi connectivity index (χ3n) is 2.76. The van der Waals surface area contributed by atoms with Crippen LogP contribution in [0.3, 0.4) is 0 Å². The van der Waals surface area contributed by atoms with E-state index in [1.807, 2.05) is 18.2 Å². The Hall–Kier alpha value is -1.62. The van der Waals surface area contributed by atoms with Gasteiger partial charge in [0.1, 0.15) is 0 Å². The molecule has 0 saturated carbocycles. The largest absolute Gasteiger partial charge is 0.466 e. The lowest BCUT2D eigenvalue weighted by Crippen LogP contribution is -2.34. The number of benzene rings is 1. The highest BCUT2D eigenvalue weighted by Gasteiger charge is 2.17. The maximum atomic E-state index is 12.4. The molecule has 0 radical (unpaired) electrons. The SMILES string of the molecule is CCOC(=O)CCN(CCC#N)C(=O)c1ccc(I)cc1. The third kappa shape index (κ3) is 6.12. The number of amides is 1. The van der Waals surface area contributed by atoms with Gasteiger partial charge in [-0.2, -0.15) is 5.26 Å². The van der Waals surface area contributed by atoms with E-state index in [0.717, 1.165) is 3.57 Å². The Morgan fingerprint density at radius 1 is 1.29 bits per heavy atom. The van der Waals surface area contributed by atoms with Gasteiger partial charge in [-0.15, -0.1) is 0 Å². The topological polar surface area (TPSA) is 70.4 Å². The predicted molar refractivity (Wildman–Crippen MR) is 86.5 cm³/mol. The third-order valence-corrected chi connectivity index (χ3v) is 3.48. The van der Waals surface area contributed by atoms with Crippen molar-refractivity contribution in [1.82, 2.24) is 4.90 Å². The molecule has 0 fully saturated rings.